The average Bonchev–Trinajstić information content (AvgIpc) is 2.63. The number of anilines is 1. The van der Waals surface area contributed by atoms with Gasteiger partial charge in [0.15, 0.2) is 0 Å². The zero-order chi connectivity index (χ0) is 19.4. The molecule has 0 bridgehead atoms. The van der Waals surface area contributed by atoms with Crippen LogP contribution in [-0.2, 0) is 17.8 Å². The third kappa shape index (κ3) is 4.89. The minimum absolute atomic E-state index is 0.181. The Balaban J connectivity index is 1.60. The van der Waals surface area contributed by atoms with Crippen LogP contribution in [0.2, 0.25) is 0 Å². The highest BCUT2D eigenvalue weighted by Crippen LogP contribution is 2.27. The first-order valence-corrected chi connectivity index (χ1v) is 9.80. The maximum atomic E-state index is 12.8. The Labute approximate surface area is 163 Å². The van der Waals surface area contributed by atoms with Gasteiger partial charge in [-0.2, -0.15) is 0 Å². The van der Waals surface area contributed by atoms with Gasteiger partial charge in [0.1, 0.15) is 0 Å². The van der Waals surface area contributed by atoms with Gasteiger partial charge >= 0.3 is 0 Å². The zero-order valence-electron chi connectivity index (χ0n) is 16.6. The minimum atomic E-state index is 0.181. The number of nitrogen functional groups attached to an aromatic ring is 1. The van der Waals surface area contributed by atoms with Crippen LogP contribution < -0.4 is 5.73 Å². The number of likely N-dealkylation sites (N-methyl/N-ethyl adjacent to an activating group) is 1. The van der Waals surface area contributed by atoms with Crippen molar-refractivity contribution >= 4 is 11.6 Å². The van der Waals surface area contributed by atoms with Gasteiger partial charge in [0.05, 0.1) is 6.42 Å². The number of hydrogen-bond acceptors (Lipinski definition) is 3. The second kappa shape index (κ2) is 8.57. The second-order valence-corrected chi connectivity index (χ2v) is 8.05. The summed E-state index contributed by atoms with van der Waals surface area (Å²) in [5.41, 5.74) is 8.83. The molecule has 0 aliphatic carbocycles. The first kappa shape index (κ1) is 19.4. The lowest BCUT2D eigenvalue weighted by Gasteiger charge is -2.45. The molecule has 1 heterocycles. The lowest BCUT2D eigenvalue weighted by Crippen LogP contribution is -2.55. The molecule has 2 atom stereocenters. The molecule has 4 nitrogen and oxygen atoms in total. The molecule has 3 rings (SSSR count). The molecular formula is C23H31N3O. The van der Waals surface area contributed by atoms with Gasteiger partial charge in [-0.3, -0.25) is 9.69 Å². The van der Waals surface area contributed by atoms with Gasteiger partial charge in [0, 0.05) is 38.4 Å². The Hall–Kier alpha value is -2.33. The third-order valence-electron chi connectivity index (χ3n) is 5.68. The number of amides is 1. The van der Waals surface area contributed by atoms with Crippen molar-refractivity contribution in [2.75, 3.05) is 25.9 Å². The Bertz CT molecular complexity index is 732. The molecule has 2 N–H and O–H groups in total. The summed E-state index contributed by atoms with van der Waals surface area (Å²) in [6, 6.07) is 18.5. The van der Waals surface area contributed by atoms with Crippen molar-refractivity contribution in [1.29, 1.82) is 0 Å². The summed E-state index contributed by atoms with van der Waals surface area (Å²) in [5, 5.41) is 0. The molecule has 1 amide bonds. The van der Waals surface area contributed by atoms with E-state index in [0.717, 1.165) is 30.9 Å². The van der Waals surface area contributed by atoms with Crippen LogP contribution in [0.25, 0.3) is 0 Å². The molecule has 27 heavy (non-hydrogen) atoms. The standard InChI is InChI=1S/C23H31N3O/c1-17-14-26(16-20-7-5-4-6-8-20)15-18(2)23(17)25(3)22(27)13-19-9-11-21(24)12-10-19/h4-12,17-18,23H,13-16,24H2,1-3H3. The number of piperidine rings is 1. The number of carbonyl (C=O) groups excluding carboxylic acids is 1. The van der Waals surface area contributed by atoms with Crippen LogP contribution in [-0.4, -0.2) is 41.9 Å². The number of hydrogen-bond donors (Lipinski definition) is 1. The predicted octanol–water partition coefficient (Wildman–Crippen LogP) is 3.43. The Morgan fingerprint density at radius 3 is 2.19 bits per heavy atom. The third-order valence-corrected chi connectivity index (χ3v) is 5.68. The largest absolute Gasteiger partial charge is 0.399 e. The molecule has 1 saturated heterocycles. The smallest absolute Gasteiger partial charge is 0.227 e. The van der Waals surface area contributed by atoms with E-state index >= 15 is 0 Å². The molecule has 1 aliphatic rings. The van der Waals surface area contributed by atoms with E-state index in [-0.39, 0.29) is 11.9 Å². The van der Waals surface area contributed by atoms with E-state index in [9.17, 15) is 4.79 Å². The van der Waals surface area contributed by atoms with E-state index in [4.69, 9.17) is 5.73 Å². The van der Waals surface area contributed by atoms with Crippen LogP contribution in [0.4, 0.5) is 5.69 Å². The summed E-state index contributed by atoms with van der Waals surface area (Å²) < 4.78 is 0. The second-order valence-electron chi connectivity index (χ2n) is 8.05. The van der Waals surface area contributed by atoms with Gasteiger partial charge in [-0.25, -0.2) is 0 Å². The number of rotatable bonds is 5. The van der Waals surface area contributed by atoms with Crippen molar-refractivity contribution in [1.82, 2.24) is 9.80 Å². The van der Waals surface area contributed by atoms with Crippen molar-refractivity contribution in [2.45, 2.75) is 32.9 Å². The molecule has 0 radical (unpaired) electrons. The van der Waals surface area contributed by atoms with Gasteiger partial charge in [0.2, 0.25) is 5.91 Å². The van der Waals surface area contributed by atoms with Crippen molar-refractivity contribution < 1.29 is 4.79 Å². The molecule has 2 aromatic carbocycles. The quantitative estimate of drug-likeness (QED) is 0.826. The Morgan fingerprint density at radius 1 is 1.00 bits per heavy atom. The first-order valence-electron chi connectivity index (χ1n) is 9.80. The van der Waals surface area contributed by atoms with Gasteiger partial charge in [-0.15, -0.1) is 0 Å². The number of carbonyl (C=O) groups is 1. The highest BCUT2D eigenvalue weighted by atomic mass is 16.2. The average molecular weight is 366 g/mol. The van der Waals surface area contributed by atoms with E-state index in [1.165, 1.54) is 5.56 Å². The SMILES string of the molecule is CC1CN(Cc2ccccc2)CC(C)C1N(C)C(=O)Cc1ccc(N)cc1. The molecule has 0 aromatic heterocycles. The van der Waals surface area contributed by atoms with Crippen LogP contribution in [0.5, 0.6) is 0 Å². The highest BCUT2D eigenvalue weighted by Gasteiger charge is 2.36. The van der Waals surface area contributed by atoms with Gasteiger partial charge in [-0.05, 0) is 35.1 Å². The number of nitrogens with two attached hydrogens (primary N) is 1. The van der Waals surface area contributed by atoms with Crippen LogP contribution in [0.1, 0.15) is 25.0 Å². The van der Waals surface area contributed by atoms with Crippen molar-refractivity contribution in [3.63, 3.8) is 0 Å². The molecule has 2 aromatic rings. The topological polar surface area (TPSA) is 49.6 Å². The van der Waals surface area contributed by atoms with Gasteiger partial charge in [-0.1, -0.05) is 56.3 Å². The summed E-state index contributed by atoms with van der Waals surface area (Å²) in [5.74, 6) is 1.07. The lowest BCUT2D eigenvalue weighted by molar-refractivity contribution is -0.135. The Morgan fingerprint density at radius 2 is 1.59 bits per heavy atom. The zero-order valence-corrected chi connectivity index (χ0v) is 16.6. The van der Waals surface area contributed by atoms with Crippen LogP contribution >= 0.6 is 0 Å². The van der Waals surface area contributed by atoms with Crippen LogP contribution in [0, 0.1) is 11.8 Å². The fraction of sp³-hybridized carbons (Fsp3) is 0.435. The molecule has 4 heteroatoms. The summed E-state index contributed by atoms with van der Waals surface area (Å²) in [6.45, 7) is 7.55. The summed E-state index contributed by atoms with van der Waals surface area (Å²) >= 11 is 0. The maximum Gasteiger partial charge on any atom is 0.227 e. The summed E-state index contributed by atoms with van der Waals surface area (Å²) in [6.07, 6.45) is 0.431. The number of likely N-dealkylation sites (tertiary alicyclic amines) is 1. The number of benzene rings is 2. The van der Waals surface area contributed by atoms with Gasteiger partial charge < -0.3 is 10.6 Å². The maximum absolute atomic E-state index is 12.8. The van der Waals surface area contributed by atoms with E-state index in [1.54, 1.807) is 0 Å². The van der Waals surface area contributed by atoms with E-state index in [0.29, 0.717) is 18.3 Å². The highest BCUT2D eigenvalue weighted by molar-refractivity contribution is 5.79. The normalized spacial score (nSPS) is 23.1. The molecule has 1 aliphatic heterocycles. The molecule has 2 unspecified atom stereocenters. The van der Waals surface area contributed by atoms with Crippen LogP contribution in [0.15, 0.2) is 54.6 Å². The van der Waals surface area contributed by atoms with Crippen molar-refractivity contribution in [3.05, 3.63) is 65.7 Å². The minimum Gasteiger partial charge on any atom is -0.399 e. The summed E-state index contributed by atoms with van der Waals surface area (Å²) in [7, 11) is 1.96. The van der Waals surface area contributed by atoms with Crippen molar-refractivity contribution in [3.8, 4) is 0 Å². The molecule has 0 spiro atoms. The fourth-order valence-electron chi connectivity index (χ4n) is 4.50. The van der Waals surface area contributed by atoms with E-state index < -0.39 is 0 Å². The van der Waals surface area contributed by atoms with Gasteiger partial charge in [0.25, 0.3) is 0 Å². The fourth-order valence-corrected chi connectivity index (χ4v) is 4.50. The van der Waals surface area contributed by atoms with E-state index in [1.807, 2.05) is 36.2 Å². The lowest BCUT2D eigenvalue weighted by atomic mass is 9.84. The van der Waals surface area contributed by atoms with Crippen molar-refractivity contribution in [2.24, 2.45) is 11.8 Å². The summed E-state index contributed by atoms with van der Waals surface area (Å²) in [4.78, 5) is 17.3. The molecule has 0 saturated carbocycles. The van der Waals surface area contributed by atoms with Crippen LogP contribution in [0.3, 0.4) is 0 Å². The predicted molar refractivity (Wildman–Crippen MR) is 111 cm³/mol. The monoisotopic (exact) mass is 365 g/mol. The molecular weight excluding hydrogens is 334 g/mol. The number of nitrogens with zero attached hydrogens (tertiary/aromatic N) is 2. The van der Waals surface area contributed by atoms with E-state index in [2.05, 4.69) is 49.1 Å². The Kier molecular flexibility index (Phi) is 6.17. The molecule has 1 fully saturated rings. The first-order chi connectivity index (χ1) is 12.9. The molecule has 144 valence electrons.